The maximum absolute atomic E-state index is 14.0. The SMILES string of the molecule is CNc1cccc(-c2ccn3nc(-c4cccc(F)c4F)cc3c2)c1. The molecule has 0 atom stereocenters. The van der Waals surface area contributed by atoms with E-state index in [1.807, 2.05) is 43.6 Å². The average Bonchev–Trinajstić information content (AvgIpc) is 3.07. The van der Waals surface area contributed by atoms with Crippen LogP contribution in [0.2, 0.25) is 0 Å². The van der Waals surface area contributed by atoms with Gasteiger partial charge in [-0.1, -0.05) is 18.2 Å². The van der Waals surface area contributed by atoms with Crippen molar-refractivity contribution in [2.45, 2.75) is 0 Å². The van der Waals surface area contributed by atoms with E-state index in [1.54, 1.807) is 10.6 Å². The van der Waals surface area contributed by atoms with E-state index in [0.29, 0.717) is 5.69 Å². The summed E-state index contributed by atoms with van der Waals surface area (Å²) in [6.07, 6.45) is 1.82. The van der Waals surface area contributed by atoms with Crippen molar-refractivity contribution in [2.24, 2.45) is 0 Å². The van der Waals surface area contributed by atoms with Crippen molar-refractivity contribution in [3.05, 3.63) is 78.5 Å². The lowest BCUT2D eigenvalue weighted by molar-refractivity contribution is 0.511. The highest BCUT2D eigenvalue weighted by Crippen LogP contribution is 2.27. The molecule has 25 heavy (non-hydrogen) atoms. The number of fused-ring (bicyclic) bond motifs is 1. The van der Waals surface area contributed by atoms with Gasteiger partial charge in [0.15, 0.2) is 11.6 Å². The van der Waals surface area contributed by atoms with Crippen molar-refractivity contribution in [3.63, 3.8) is 0 Å². The Morgan fingerprint density at radius 1 is 0.920 bits per heavy atom. The van der Waals surface area contributed by atoms with E-state index in [4.69, 9.17) is 0 Å². The number of rotatable bonds is 3. The van der Waals surface area contributed by atoms with Gasteiger partial charge in [0, 0.05) is 24.5 Å². The molecule has 0 saturated carbocycles. The normalized spacial score (nSPS) is 11.0. The largest absolute Gasteiger partial charge is 0.388 e. The molecule has 4 rings (SSSR count). The van der Waals surface area contributed by atoms with E-state index in [9.17, 15) is 8.78 Å². The third-order valence-corrected chi connectivity index (χ3v) is 4.18. The number of hydrogen-bond acceptors (Lipinski definition) is 2. The zero-order valence-corrected chi connectivity index (χ0v) is 13.5. The van der Waals surface area contributed by atoms with Crippen molar-refractivity contribution >= 4 is 11.2 Å². The molecule has 5 heteroatoms. The van der Waals surface area contributed by atoms with Crippen LogP contribution in [0.25, 0.3) is 27.9 Å². The van der Waals surface area contributed by atoms with Gasteiger partial charge < -0.3 is 5.32 Å². The van der Waals surface area contributed by atoms with Gasteiger partial charge in [-0.25, -0.2) is 13.3 Å². The summed E-state index contributed by atoms with van der Waals surface area (Å²) in [6.45, 7) is 0. The highest BCUT2D eigenvalue weighted by Gasteiger charge is 2.13. The van der Waals surface area contributed by atoms with Crippen LogP contribution < -0.4 is 5.32 Å². The second kappa shape index (κ2) is 6.02. The van der Waals surface area contributed by atoms with Gasteiger partial charge in [-0.05, 0) is 53.6 Å². The van der Waals surface area contributed by atoms with Crippen LogP contribution in [0.1, 0.15) is 0 Å². The van der Waals surface area contributed by atoms with Crippen LogP contribution in [0.5, 0.6) is 0 Å². The Morgan fingerprint density at radius 3 is 2.56 bits per heavy atom. The summed E-state index contributed by atoms with van der Waals surface area (Å²) in [5.74, 6) is -1.76. The number of hydrogen-bond donors (Lipinski definition) is 1. The minimum atomic E-state index is -0.882. The molecule has 0 radical (unpaired) electrons. The van der Waals surface area contributed by atoms with Crippen LogP contribution >= 0.6 is 0 Å². The minimum Gasteiger partial charge on any atom is -0.388 e. The lowest BCUT2D eigenvalue weighted by Crippen LogP contribution is -1.91. The van der Waals surface area contributed by atoms with Crippen molar-refractivity contribution in [3.8, 4) is 22.4 Å². The Morgan fingerprint density at radius 2 is 1.72 bits per heavy atom. The predicted molar refractivity (Wildman–Crippen MR) is 95.5 cm³/mol. The van der Waals surface area contributed by atoms with E-state index in [0.717, 1.165) is 28.4 Å². The first-order valence-corrected chi connectivity index (χ1v) is 7.88. The number of benzene rings is 2. The molecular weight excluding hydrogens is 320 g/mol. The molecule has 3 nitrogen and oxygen atoms in total. The second-order valence-electron chi connectivity index (χ2n) is 5.75. The fraction of sp³-hybridized carbons (Fsp3) is 0.0500. The number of pyridine rings is 1. The molecule has 2 aromatic carbocycles. The smallest absolute Gasteiger partial charge is 0.168 e. The van der Waals surface area contributed by atoms with Crippen molar-refractivity contribution in [2.75, 3.05) is 12.4 Å². The Labute approximate surface area is 143 Å². The quantitative estimate of drug-likeness (QED) is 0.572. The average molecular weight is 335 g/mol. The van der Waals surface area contributed by atoms with Gasteiger partial charge in [0.1, 0.15) is 0 Å². The molecule has 0 fully saturated rings. The van der Waals surface area contributed by atoms with Crippen LogP contribution in [0.3, 0.4) is 0 Å². The fourth-order valence-electron chi connectivity index (χ4n) is 2.86. The minimum absolute atomic E-state index is 0.155. The molecule has 0 spiro atoms. The monoisotopic (exact) mass is 335 g/mol. The first-order valence-electron chi connectivity index (χ1n) is 7.88. The predicted octanol–water partition coefficient (Wildman–Crippen LogP) is 4.99. The lowest BCUT2D eigenvalue weighted by atomic mass is 10.1. The number of anilines is 1. The number of nitrogens with one attached hydrogen (secondary N) is 1. The van der Waals surface area contributed by atoms with Crippen LogP contribution in [-0.4, -0.2) is 16.7 Å². The third-order valence-electron chi connectivity index (χ3n) is 4.18. The summed E-state index contributed by atoms with van der Waals surface area (Å²) < 4.78 is 29.1. The molecule has 0 bridgehead atoms. The van der Waals surface area contributed by atoms with Crippen LogP contribution in [0.15, 0.2) is 66.9 Å². The van der Waals surface area contributed by atoms with E-state index in [-0.39, 0.29) is 5.56 Å². The van der Waals surface area contributed by atoms with Crippen molar-refractivity contribution in [1.29, 1.82) is 0 Å². The van der Waals surface area contributed by atoms with Gasteiger partial charge in [0.05, 0.1) is 11.2 Å². The molecule has 0 unspecified atom stereocenters. The molecule has 0 aliphatic heterocycles. The Kier molecular flexibility index (Phi) is 3.69. The molecule has 2 heterocycles. The standard InChI is InChI=1S/C20H15F2N3/c1-23-15-5-2-4-13(10-15)14-8-9-25-16(11-14)12-19(24-25)17-6-3-7-18(21)20(17)22/h2-12,23H,1H3. The first kappa shape index (κ1) is 15.3. The maximum atomic E-state index is 14.0. The summed E-state index contributed by atoms with van der Waals surface area (Å²) >= 11 is 0. The maximum Gasteiger partial charge on any atom is 0.168 e. The zero-order chi connectivity index (χ0) is 17.4. The molecular formula is C20H15F2N3. The van der Waals surface area contributed by atoms with Gasteiger partial charge >= 0.3 is 0 Å². The highest BCUT2D eigenvalue weighted by molar-refractivity contribution is 5.74. The van der Waals surface area contributed by atoms with Crippen LogP contribution in [0.4, 0.5) is 14.5 Å². The molecule has 2 aromatic heterocycles. The van der Waals surface area contributed by atoms with E-state index in [2.05, 4.69) is 16.5 Å². The third kappa shape index (κ3) is 2.74. The van der Waals surface area contributed by atoms with Crippen LogP contribution in [0, 0.1) is 11.6 Å². The summed E-state index contributed by atoms with van der Waals surface area (Å²) in [4.78, 5) is 0. The van der Waals surface area contributed by atoms with Crippen molar-refractivity contribution < 1.29 is 8.78 Å². The van der Waals surface area contributed by atoms with Gasteiger partial charge in [-0.2, -0.15) is 5.10 Å². The number of halogens is 2. The van der Waals surface area contributed by atoms with E-state index >= 15 is 0 Å². The number of aromatic nitrogens is 2. The van der Waals surface area contributed by atoms with Crippen LogP contribution in [-0.2, 0) is 0 Å². The van der Waals surface area contributed by atoms with Gasteiger partial charge in [0.25, 0.3) is 0 Å². The molecule has 1 N–H and O–H groups in total. The summed E-state index contributed by atoms with van der Waals surface area (Å²) in [6, 6.07) is 17.8. The second-order valence-corrected chi connectivity index (χ2v) is 5.75. The molecule has 0 aliphatic rings. The zero-order valence-electron chi connectivity index (χ0n) is 13.5. The molecule has 0 aliphatic carbocycles. The van der Waals surface area contributed by atoms with Gasteiger partial charge in [0.2, 0.25) is 0 Å². The molecule has 124 valence electrons. The molecule has 4 aromatic rings. The highest BCUT2D eigenvalue weighted by atomic mass is 19.2. The lowest BCUT2D eigenvalue weighted by Gasteiger charge is -2.05. The van der Waals surface area contributed by atoms with Crippen molar-refractivity contribution in [1.82, 2.24) is 9.61 Å². The number of nitrogens with zero attached hydrogens (tertiary/aromatic N) is 2. The topological polar surface area (TPSA) is 29.3 Å². The fourth-order valence-corrected chi connectivity index (χ4v) is 2.86. The van der Waals surface area contributed by atoms with Gasteiger partial charge in [-0.3, -0.25) is 0 Å². The Hall–Kier alpha value is -3.21. The van der Waals surface area contributed by atoms with E-state index in [1.165, 1.54) is 12.1 Å². The molecule has 0 amide bonds. The summed E-state index contributed by atoms with van der Waals surface area (Å²) in [5, 5.41) is 7.47. The Balaban J connectivity index is 1.80. The first-order chi connectivity index (χ1) is 12.2. The summed E-state index contributed by atoms with van der Waals surface area (Å²) in [5.41, 5.74) is 4.48. The van der Waals surface area contributed by atoms with E-state index < -0.39 is 11.6 Å². The van der Waals surface area contributed by atoms with Gasteiger partial charge in [-0.15, -0.1) is 0 Å². The summed E-state index contributed by atoms with van der Waals surface area (Å²) in [7, 11) is 1.87. The Bertz CT molecular complexity index is 1070. The molecule has 0 saturated heterocycles.